The van der Waals surface area contributed by atoms with Crippen LogP contribution in [0.3, 0.4) is 0 Å². The molecule has 0 saturated carbocycles. The number of phenolic OH excluding ortho intramolecular Hbond substituents is 1. The van der Waals surface area contributed by atoms with Gasteiger partial charge in [-0.1, -0.05) is 38.0 Å². The van der Waals surface area contributed by atoms with E-state index in [2.05, 4.69) is 17.8 Å². The summed E-state index contributed by atoms with van der Waals surface area (Å²) in [6.07, 6.45) is 5.02. The normalized spacial score (nSPS) is 14.8. The molecule has 1 aliphatic rings. The van der Waals surface area contributed by atoms with E-state index in [-0.39, 0.29) is 5.75 Å². The van der Waals surface area contributed by atoms with Crippen LogP contribution in [0.1, 0.15) is 51.2 Å². The number of fused-ring (bicyclic) bond motifs is 1. The van der Waals surface area contributed by atoms with Gasteiger partial charge >= 0.3 is 0 Å². The standard InChI is InChI=1S/C23H28N2O3/c1-4-5-7-10-16-13-19(27)21-20(14-16)28-23(2,3)18(15-26)22(21)25-24-17-11-8-6-9-12-17/h6,8-9,11-15,24-25,27H,4-5,7,10H2,1-3H3. The van der Waals surface area contributed by atoms with Crippen molar-refractivity contribution in [2.45, 2.75) is 52.1 Å². The van der Waals surface area contributed by atoms with Gasteiger partial charge in [-0.15, -0.1) is 0 Å². The Kier molecular flexibility index (Phi) is 5.93. The number of phenols is 1. The van der Waals surface area contributed by atoms with Gasteiger partial charge in [-0.3, -0.25) is 10.2 Å². The van der Waals surface area contributed by atoms with Gasteiger partial charge in [0, 0.05) is 0 Å². The maximum absolute atomic E-state index is 11.9. The molecule has 0 saturated heterocycles. The molecule has 0 aliphatic carbocycles. The SMILES string of the molecule is CCCCCc1cc(O)c2c(c1)OC(C)(C)C(C=O)=C2NNc1ccccc1. The van der Waals surface area contributed by atoms with Gasteiger partial charge in [0.25, 0.3) is 0 Å². The summed E-state index contributed by atoms with van der Waals surface area (Å²) in [5.41, 5.74) is 8.77. The molecule has 3 rings (SSSR count). The Balaban J connectivity index is 1.98. The maximum Gasteiger partial charge on any atom is 0.152 e. The minimum absolute atomic E-state index is 0.108. The second-order valence-corrected chi connectivity index (χ2v) is 7.58. The van der Waals surface area contributed by atoms with Gasteiger partial charge in [-0.05, 0) is 56.5 Å². The average Bonchev–Trinajstić information content (AvgIpc) is 2.66. The molecule has 0 atom stereocenters. The quantitative estimate of drug-likeness (QED) is 0.348. The second-order valence-electron chi connectivity index (χ2n) is 7.58. The number of aldehydes is 1. The summed E-state index contributed by atoms with van der Waals surface area (Å²) in [6, 6.07) is 13.3. The number of hydrazine groups is 1. The fourth-order valence-corrected chi connectivity index (χ4v) is 3.46. The number of hydrogen-bond donors (Lipinski definition) is 3. The van der Waals surface area contributed by atoms with Crippen molar-refractivity contribution in [3.8, 4) is 11.5 Å². The molecule has 0 radical (unpaired) electrons. The summed E-state index contributed by atoms with van der Waals surface area (Å²) in [4.78, 5) is 11.9. The number of carbonyl (C=O) groups excluding carboxylic acids is 1. The molecule has 2 aromatic rings. The highest BCUT2D eigenvalue weighted by molar-refractivity contribution is 5.94. The molecule has 1 aliphatic heterocycles. The van der Waals surface area contributed by atoms with E-state index in [4.69, 9.17) is 4.74 Å². The molecule has 148 valence electrons. The van der Waals surface area contributed by atoms with E-state index in [9.17, 15) is 9.90 Å². The van der Waals surface area contributed by atoms with Gasteiger partial charge in [0.05, 0.1) is 22.5 Å². The number of unbranched alkanes of at least 4 members (excludes halogenated alkanes) is 2. The lowest BCUT2D eigenvalue weighted by Gasteiger charge is -2.35. The van der Waals surface area contributed by atoms with Crippen LogP contribution in [0.15, 0.2) is 48.0 Å². The van der Waals surface area contributed by atoms with E-state index >= 15 is 0 Å². The molecule has 5 nitrogen and oxygen atoms in total. The number of anilines is 1. The van der Waals surface area contributed by atoms with E-state index in [1.807, 2.05) is 50.2 Å². The number of benzene rings is 2. The molecule has 0 spiro atoms. The fourth-order valence-electron chi connectivity index (χ4n) is 3.46. The summed E-state index contributed by atoms with van der Waals surface area (Å²) >= 11 is 0. The zero-order valence-electron chi connectivity index (χ0n) is 16.7. The Morgan fingerprint density at radius 1 is 1.11 bits per heavy atom. The van der Waals surface area contributed by atoms with Gasteiger partial charge < -0.3 is 15.3 Å². The molecule has 28 heavy (non-hydrogen) atoms. The fraction of sp³-hybridized carbons (Fsp3) is 0.348. The number of hydrogen-bond acceptors (Lipinski definition) is 5. The van der Waals surface area contributed by atoms with Crippen molar-refractivity contribution in [3.05, 3.63) is 59.2 Å². The lowest BCUT2D eigenvalue weighted by molar-refractivity contribution is -0.106. The highest BCUT2D eigenvalue weighted by Crippen LogP contribution is 2.44. The Morgan fingerprint density at radius 2 is 1.86 bits per heavy atom. The number of ether oxygens (including phenoxy) is 1. The van der Waals surface area contributed by atoms with Crippen LogP contribution >= 0.6 is 0 Å². The zero-order valence-corrected chi connectivity index (χ0v) is 16.7. The minimum atomic E-state index is -0.816. The first-order valence-corrected chi connectivity index (χ1v) is 9.78. The van der Waals surface area contributed by atoms with Gasteiger partial charge in [0.1, 0.15) is 17.1 Å². The number of nitrogens with one attached hydrogen (secondary N) is 2. The predicted octanol–water partition coefficient (Wildman–Crippen LogP) is 4.82. The summed E-state index contributed by atoms with van der Waals surface area (Å²) in [7, 11) is 0. The first-order chi connectivity index (χ1) is 13.5. The third kappa shape index (κ3) is 4.14. The number of aromatic hydroxyl groups is 1. The molecule has 0 amide bonds. The number of para-hydroxylation sites is 1. The summed E-state index contributed by atoms with van der Waals surface area (Å²) in [6.45, 7) is 5.87. The molecule has 2 aromatic carbocycles. The predicted molar refractivity (Wildman–Crippen MR) is 112 cm³/mol. The van der Waals surface area contributed by atoms with Crippen molar-refractivity contribution in [2.24, 2.45) is 0 Å². The van der Waals surface area contributed by atoms with Gasteiger partial charge in [-0.25, -0.2) is 0 Å². The van der Waals surface area contributed by atoms with Crippen LogP contribution < -0.4 is 15.6 Å². The van der Waals surface area contributed by atoms with E-state index in [1.165, 1.54) is 0 Å². The summed E-state index contributed by atoms with van der Waals surface area (Å²) in [5, 5.41) is 10.7. The molecule has 0 fully saturated rings. The lowest BCUT2D eigenvalue weighted by Crippen LogP contribution is -2.39. The highest BCUT2D eigenvalue weighted by Gasteiger charge is 2.37. The molecule has 5 heteroatoms. The molecule has 3 N–H and O–H groups in total. The maximum atomic E-state index is 11.9. The Hall–Kier alpha value is -2.95. The Morgan fingerprint density at radius 3 is 2.54 bits per heavy atom. The lowest BCUT2D eigenvalue weighted by atomic mass is 9.89. The van der Waals surface area contributed by atoms with Crippen molar-refractivity contribution in [1.82, 2.24) is 5.43 Å². The summed E-state index contributed by atoms with van der Waals surface area (Å²) < 4.78 is 6.12. The average molecular weight is 380 g/mol. The smallest absolute Gasteiger partial charge is 0.152 e. The Bertz CT molecular complexity index is 873. The van der Waals surface area contributed by atoms with E-state index in [0.29, 0.717) is 22.6 Å². The van der Waals surface area contributed by atoms with Crippen LogP contribution in [0.25, 0.3) is 5.70 Å². The van der Waals surface area contributed by atoms with Gasteiger partial charge in [-0.2, -0.15) is 0 Å². The third-order valence-electron chi connectivity index (χ3n) is 4.97. The molecule has 0 bridgehead atoms. The molecule has 0 unspecified atom stereocenters. The highest BCUT2D eigenvalue weighted by atomic mass is 16.5. The van der Waals surface area contributed by atoms with Crippen molar-refractivity contribution in [3.63, 3.8) is 0 Å². The summed E-state index contributed by atoms with van der Waals surface area (Å²) in [5.74, 6) is 0.690. The van der Waals surface area contributed by atoms with Crippen LogP contribution in [-0.4, -0.2) is 17.0 Å². The molecular weight excluding hydrogens is 352 g/mol. The number of rotatable bonds is 8. The van der Waals surface area contributed by atoms with Gasteiger partial charge in [0.15, 0.2) is 6.29 Å². The largest absolute Gasteiger partial charge is 0.507 e. The Labute approximate surface area is 166 Å². The van der Waals surface area contributed by atoms with Crippen molar-refractivity contribution in [2.75, 3.05) is 5.43 Å². The monoisotopic (exact) mass is 380 g/mol. The number of carbonyl (C=O) groups is 1. The van der Waals surface area contributed by atoms with Crippen molar-refractivity contribution in [1.29, 1.82) is 0 Å². The van der Waals surface area contributed by atoms with Crippen LogP contribution in [0, 0.1) is 0 Å². The molecule has 0 aromatic heterocycles. The van der Waals surface area contributed by atoms with E-state index < -0.39 is 5.60 Å². The number of aryl methyl sites for hydroxylation is 1. The van der Waals surface area contributed by atoms with E-state index in [1.54, 1.807) is 6.07 Å². The van der Waals surface area contributed by atoms with Crippen molar-refractivity contribution >= 4 is 17.7 Å². The third-order valence-corrected chi connectivity index (χ3v) is 4.97. The van der Waals surface area contributed by atoms with Crippen molar-refractivity contribution < 1.29 is 14.6 Å². The van der Waals surface area contributed by atoms with Crippen LogP contribution in [0.5, 0.6) is 11.5 Å². The first-order valence-electron chi connectivity index (χ1n) is 9.78. The zero-order chi connectivity index (χ0) is 20.1. The second kappa shape index (κ2) is 8.38. The first kappa shape index (κ1) is 19.8. The van der Waals surface area contributed by atoms with E-state index in [0.717, 1.165) is 43.2 Å². The molecule has 1 heterocycles. The topological polar surface area (TPSA) is 70.6 Å². The van der Waals surface area contributed by atoms with Crippen LogP contribution in [-0.2, 0) is 11.2 Å². The van der Waals surface area contributed by atoms with Gasteiger partial charge in [0.2, 0.25) is 0 Å². The van der Waals surface area contributed by atoms with Crippen LogP contribution in [0.4, 0.5) is 5.69 Å². The minimum Gasteiger partial charge on any atom is -0.507 e. The molecular formula is C23H28N2O3. The van der Waals surface area contributed by atoms with Crippen LogP contribution in [0.2, 0.25) is 0 Å².